The van der Waals surface area contributed by atoms with Crippen molar-refractivity contribution in [3.05, 3.63) is 54.4 Å². The van der Waals surface area contributed by atoms with E-state index in [0.29, 0.717) is 18.8 Å². The van der Waals surface area contributed by atoms with Gasteiger partial charge in [0.15, 0.2) is 5.58 Å². The molecule has 24 heavy (non-hydrogen) atoms. The zero-order valence-corrected chi connectivity index (χ0v) is 13.3. The molecule has 122 valence electrons. The molecule has 3 aromatic rings. The highest BCUT2D eigenvalue weighted by molar-refractivity contribution is 5.86. The van der Waals surface area contributed by atoms with Gasteiger partial charge in [0, 0.05) is 37.8 Å². The third-order valence-electron chi connectivity index (χ3n) is 4.38. The van der Waals surface area contributed by atoms with Crippen molar-refractivity contribution in [1.29, 1.82) is 0 Å². The lowest BCUT2D eigenvalue weighted by molar-refractivity contribution is -0.130. The number of amides is 1. The molecule has 6 nitrogen and oxygen atoms in total. The second-order valence-corrected chi connectivity index (χ2v) is 5.86. The average molecular weight is 322 g/mol. The Kier molecular flexibility index (Phi) is 3.86. The number of nitrogens with zero attached hydrogens (tertiary/aromatic N) is 4. The van der Waals surface area contributed by atoms with Crippen molar-refractivity contribution in [3.8, 4) is 0 Å². The quantitative estimate of drug-likeness (QED) is 0.739. The van der Waals surface area contributed by atoms with Crippen molar-refractivity contribution in [2.45, 2.75) is 6.42 Å². The number of carbonyl (C=O) groups excluding carboxylic acids is 1. The minimum atomic E-state index is 0.0923. The number of para-hydroxylation sites is 1. The first kappa shape index (κ1) is 14.7. The molecule has 1 aromatic carbocycles. The van der Waals surface area contributed by atoms with Crippen LogP contribution in [0.15, 0.2) is 53.2 Å². The van der Waals surface area contributed by atoms with Crippen molar-refractivity contribution in [1.82, 2.24) is 15.0 Å². The number of rotatable bonds is 3. The first-order valence-corrected chi connectivity index (χ1v) is 8.08. The number of hydrogen-bond acceptors (Lipinski definition) is 5. The van der Waals surface area contributed by atoms with E-state index in [4.69, 9.17) is 4.52 Å². The predicted molar refractivity (Wildman–Crippen MR) is 90.7 cm³/mol. The number of anilines is 1. The van der Waals surface area contributed by atoms with Gasteiger partial charge < -0.3 is 14.3 Å². The predicted octanol–water partition coefficient (Wildman–Crippen LogP) is 2.11. The van der Waals surface area contributed by atoms with Gasteiger partial charge >= 0.3 is 0 Å². The van der Waals surface area contributed by atoms with E-state index in [1.807, 2.05) is 47.4 Å². The average Bonchev–Trinajstić information content (AvgIpc) is 3.06. The number of aromatic nitrogens is 2. The lowest BCUT2D eigenvalue weighted by Crippen LogP contribution is -2.49. The van der Waals surface area contributed by atoms with E-state index in [-0.39, 0.29) is 12.3 Å². The summed E-state index contributed by atoms with van der Waals surface area (Å²) in [6.07, 6.45) is 2.07. The molecule has 2 aromatic heterocycles. The molecule has 1 fully saturated rings. The summed E-state index contributed by atoms with van der Waals surface area (Å²) < 4.78 is 5.27. The topological polar surface area (TPSA) is 62.5 Å². The van der Waals surface area contributed by atoms with Gasteiger partial charge in [-0.2, -0.15) is 0 Å². The Balaban J connectivity index is 1.40. The molecule has 0 atom stereocenters. The maximum Gasteiger partial charge on any atom is 0.228 e. The highest BCUT2D eigenvalue weighted by atomic mass is 16.5. The standard InChI is InChI=1S/C18H18N4O2/c23-18(13-15-14-5-1-2-6-16(14)24-20-15)22-11-9-21(10-12-22)17-7-3-4-8-19-17/h1-8H,9-13H2. The second-order valence-electron chi connectivity index (χ2n) is 5.86. The highest BCUT2D eigenvalue weighted by Crippen LogP contribution is 2.19. The van der Waals surface area contributed by atoms with E-state index >= 15 is 0 Å². The summed E-state index contributed by atoms with van der Waals surface area (Å²) >= 11 is 0. The fraction of sp³-hybridized carbons (Fsp3) is 0.278. The van der Waals surface area contributed by atoms with Crippen LogP contribution in [0.2, 0.25) is 0 Å². The normalized spacial score (nSPS) is 15.0. The Labute approximate surface area is 139 Å². The fourth-order valence-electron chi connectivity index (χ4n) is 3.05. The SMILES string of the molecule is O=C(Cc1noc2ccccc12)N1CCN(c2ccccn2)CC1. The van der Waals surface area contributed by atoms with Crippen LogP contribution < -0.4 is 4.90 Å². The molecule has 4 rings (SSSR count). The van der Waals surface area contributed by atoms with Crippen LogP contribution in [0.5, 0.6) is 0 Å². The molecule has 0 saturated carbocycles. The molecular formula is C18H18N4O2. The first-order chi connectivity index (χ1) is 11.8. The summed E-state index contributed by atoms with van der Waals surface area (Å²) in [5.41, 5.74) is 1.43. The molecule has 0 N–H and O–H groups in total. The van der Waals surface area contributed by atoms with E-state index in [1.165, 1.54) is 0 Å². The van der Waals surface area contributed by atoms with Crippen LogP contribution in [0.25, 0.3) is 11.0 Å². The third kappa shape index (κ3) is 2.82. The zero-order chi connectivity index (χ0) is 16.4. The number of benzene rings is 1. The van der Waals surface area contributed by atoms with Gasteiger partial charge in [-0.3, -0.25) is 4.79 Å². The summed E-state index contributed by atoms with van der Waals surface area (Å²) in [6, 6.07) is 13.5. The highest BCUT2D eigenvalue weighted by Gasteiger charge is 2.23. The number of fused-ring (bicyclic) bond motifs is 1. The summed E-state index contributed by atoms with van der Waals surface area (Å²) in [4.78, 5) is 21.0. The minimum Gasteiger partial charge on any atom is -0.356 e. The Morgan fingerprint density at radius 3 is 2.62 bits per heavy atom. The maximum atomic E-state index is 12.6. The van der Waals surface area contributed by atoms with Crippen molar-refractivity contribution < 1.29 is 9.32 Å². The molecule has 3 heterocycles. The summed E-state index contributed by atoms with van der Waals surface area (Å²) in [7, 11) is 0. The van der Waals surface area contributed by atoms with E-state index in [1.54, 1.807) is 6.20 Å². The van der Waals surface area contributed by atoms with Gasteiger partial charge in [-0.05, 0) is 24.3 Å². The number of carbonyl (C=O) groups is 1. The summed E-state index contributed by atoms with van der Waals surface area (Å²) in [5.74, 6) is 1.06. The Bertz CT molecular complexity index is 838. The molecule has 1 amide bonds. The molecule has 1 saturated heterocycles. The monoisotopic (exact) mass is 322 g/mol. The lowest BCUT2D eigenvalue weighted by Gasteiger charge is -2.35. The van der Waals surface area contributed by atoms with Gasteiger partial charge in [0.2, 0.25) is 5.91 Å². The minimum absolute atomic E-state index is 0.0923. The van der Waals surface area contributed by atoms with Crippen LogP contribution in [0.1, 0.15) is 5.69 Å². The van der Waals surface area contributed by atoms with Crippen LogP contribution in [-0.2, 0) is 11.2 Å². The van der Waals surface area contributed by atoms with Crippen molar-refractivity contribution in [2.75, 3.05) is 31.1 Å². The zero-order valence-electron chi connectivity index (χ0n) is 13.3. The second kappa shape index (κ2) is 6.31. The molecule has 1 aliphatic rings. The van der Waals surface area contributed by atoms with Crippen LogP contribution in [0.4, 0.5) is 5.82 Å². The third-order valence-corrected chi connectivity index (χ3v) is 4.38. The Morgan fingerprint density at radius 2 is 1.83 bits per heavy atom. The lowest BCUT2D eigenvalue weighted by atomic mass is 10.1. The van der Waals surface area contributed by atoms with E-state index < -0.39 is 0 Å². The summed E-state index contributed by atoms with van der Waals surface area (Å²) in [5, 5.41) is 4.96. The van der Waals surface area contributed by atoms with Gasteiger partial charge in [-0.1, -0.05) is 23.4 Å². The van der Waals surface area contributed by atoms with Gasteiger partial charge in [0.1, 0.15) is 11.5 Å². The van der Waals surface area contributed by atoms with Crippen molar-refractivity contribution >= 4 is 22.7 Å². The number of pyridine rings is 1. The van der Waals surface area contributed by atoms with Gasteiger partial charge in [-0.15, -0.1) is 0 Å². The van der Waals surface area contributed by atoms with Gasteiger partial charge in [0.25, 0.3) is 0 Å². The molecule has 0 radical (unpaired) electrons. The first-order valence-electron chi connectivity index (χ1n) is 8.08. The van der Waals surface area contributed by atoms with Crippen LogP contribution in [0, 0.1) is 0 Å². The summed E-state index contributed by atoms with van der Waals surface area (Å²) in [6.45, 7) is 2.99. The largest absolute Gasteiger partial charge is 0.356 e. The van der Waals surface area contributed by atoms with Crippen LogP contribution in [0.3, 0.4) is 0 Å². The van der Waals surface area contributed by atoms with E-state index in [0.717, 1.165) is 29.9 Å². The molecule has 0 spiro atoms. The van der Waals surface area contributed by atoms with Crippen molar-refractivity contribution in [3.63, 3.8) is 0 Å². The van der Waals surface area contributed by atoms with Gasteiger partial charge in [-0.25, -0.2) is 4.98 Å². The molecule has 0 unspecified atom stereocenters. The van der Waals surface area contributed by atoms with E-state index in [9.17, 15) is 4.79 Å². The van der Waals surface area contributed by atoms with Gasteiger partial charge in [0.05, 0.1) is 6.42 Å². The maximum absolute atomic E-state index is 12.6. The number of hydrogen-bond donors (Lipinski definition) is 0. The fourth-order valence-corrected chi connectivity index (χ4v) is 3.05. The van der Waals surface area contributed by atoms with Crippen molar-refractivity contribution in [2.24, 2.45) is 0 Å². The number of piperazine rings is 1. The Morgan fingerprint density at radius 1 is 1.04 bits per heavy atom. The molecular weight excluding hydrogens is 304 g/mol. The molecule has 0 aliphatic carbocycles. The Hall–Kier alpha value is -2.89. The molecule has 1 aliphatic heterocycles. The smallest absolute Gasteiger partial charge is 0.228 e. The molecule has 0 bridgehead atoms. The van der Waals surface area contributed by atoms with E-state index in [2.05, 4.69) is 15.0 Å². The van der Waals surface area contributed by atoms with Crippen LogP contribution in [-0.4, -0.2) is 47.1 Å². The molecule has 6 heteroatoms. The van der Waals surface area contributed by atoms with Crippen LogP contribution >= 0.6 is 0 Å².